The quantitative estimate of drug-likeness (QED) is 0.195. The summed E-state index contributed by atoms with van der Waals surface area (Å²) < 4.78 is 29.0. The van der Waals surface area contributed by atoms with Gasteiger partial charge in [0.1, 0.15) is 12.5 Å². The van der Waals surface area contributed by atoms with Gasteiger partial charge in [-0.3, -0.25) is 4.79 Å². The number of carbonyl (C=O) groups is 1. The Hall–Kier alpha value is -3.38. The highest BCUT2D eigenvalue weighted by Gasteiger charge is 2.27. The van der Waals surface area contributed by atoms with Crippen LogP contribution in [0.3, 0.4) is 0 Å². The molecule has 0 aliphatic carbocycles. The number of halogens is 1. The molecule has 1 heterocycles. The number of nitrogen functional groups attached to an aromatic ring is 2. The van der Waals surface area contributed by atoms with E-state index in [-0.39, 0.29) is 18.4 Å². The van der Waals surface area contributed by atoms with Gasteiger partial charge in [0.2, 0.25) is 17.6 Å². The lowest BCUT2D eigenvalue weighted by Crippen LogP contribution is -2.38. The van der Waals surface area contributed by atoms with Gasteiger partial charge in [-0.2, -0.15) is 10.5 Å². The summed E-state index contributed by atoms with van der Waals surface area (Å²) in [5.41, 5.74) is 15.0. The number of rotatable bonds is 16. The standard InChI is InChI=1S/C24H37FN6O5/c1-24(2,6-11-36-30-9-7-25)22(32)28-8-5-10-35-20-18(33-3)13-16(14-19(20)34-4)12-17-15-29-23(27)31-21(17)26/h13-15,30H,5-12H2,1-4H3,(H,28,32)(H4,26,27,29,31). The number of carbonyl (C=O) groups excluding carboxylic acids is 1. The van der Waals surface area contributed by atoms with Crippen LogP contribution in [0, 0.1) is 5.41 Å². The monoisotopic (exact) mass is 508 g/mol. The van der Waals surface area contributed by atoms with Gasteiger partial charge in [-0.1, -0.05) is 13.8 Å². The van der Waals surface area contributed by atoms with E-state index in [4.69, 9.17) is 30.5 Å². The van der Waals surface area contributed by atoms with Crippen molar-refractivity contribution in [3.05, 3.63) is 29.5 Å². The zero-order valence-corrected chi connectivity index (χ0v) is 21.4. The number of alkyl halides is 1. The van der Waals surface area contributed by atoms with E-state index in [2.05, 4.69) is 20.8 Å². The number of nitrogens with two attached hydrogens (primary N) is 2. The number of anilines is 2. The van der Waals surface area contributed by atoms with E-state index in [0.29, 0.717) is 62.1 Å². The molecule has 1 aromatic carbocycles. The molecule has 0 spiro atoms. The number of methoxy groups -OCH3 is 2. The van der Waals surface area contributed by atoms with Crippen LogP contribution in [0.25, 0.3) is 0 Å². The summed E-state index contributed by atoms with van der Waals surface area (Å²) in [6, 6.07) is 3.67. The second-order valence-electron chi connectivity index (χ2n) is 8.67. The Kier molecular flexibility index (Phi) is 11.4. The number of benzene rings is 1. The highest BCUT2D eigenvalue weighted by atomic mass is 19.1. The number of hydroxylamine groups is 1. The third-order valence-electron chi connectivity index (χ3n) is 5.43. The Bertz CT molecular complexity index is 966. The summed E-state index contributed by atoms with van der Waals surface area (Å²) in [4.78, 5) is 25.6. The van der Waals surface area contributed by atoms with Gasteiger partial charge < -0.3 is 35.8 Å². The molecule has 0 aliphatic heterocycles. The molecule has 11 nitrogen and oxygen atoms in total. The number of aromatic nitrogens is 2. The first-order valence-corrected chi connectivity index (χ1v) is 11.6. The van der Waals surface area contributed by atoms with E-state index in [0.717, 1.165) is 11.1 Å². The fourth-order valence-corrected chi connectivity index (χ4v) is 3.26. The van der Waals surface area contributed by atoms with Gasteiger partial charge in [0.05, 0.1) is 27.4 Å². The van der Waals surface area contributed by atoms with E-state index in [1.165, 1.54) is 0 Å². The molecular formula is C24H37FN6O5. The number of hydrogen-bond acceptors (Lipinski definition) is 10. The summed E-state index contributed by atoms with van der Waals surface area (Å²) in [7, 11) is 3.09. The van der Waals surface area contributed by atoms with Crippen LogP contribution in [0.5, 0.6) is 17.2 Å². The predicted molar refractivity (Wildman–Crippen MR) is 135 cm³/mol. The number of ether oxygens (including phenoxy) is 3. The minimum absolute atomic E-state index is 0.0953. The van der Waals surface area contributed by atoms with Crippen molar-refractivity contribution in [2.45, 2.75) is 33.1 Å². The minimum atomic E-state index is -0.626. The van der Waals surface area contributed by atoms with E-state index in [1.54, 1.807) is 20.4 Å². The normalized spacial score (nSPS) is 11.2. The molecule has 0 aliphatic rings. The largest absolute Gasteiger partial charge is 0.493 e. The molecule has 0 atom stereocenters. The van der Waals surface area contributed by atoms with Gasteiger partial charge in [-0.15, -0.1) is 0 Å². The van der Waals surface area contributed by atoms with Crippen molar-refractivity contribution in [2.24, 2.45) is 5.41 Å². The molecule has 0 fully saturated rings. The number of hydrogen-bond donors (Lipinski definition) is 4. The van der Waals surface area contributed by atoms with Crippen molar-refractivity contribution < 1.29 is 28.2 Å². The number of amides is 1. The maximum absolute atomic E-state index is 12.5. The first-order chi connectivity index (χ1) is 17.2. The first-order valence-electron chi connectivity index (χ1n) is 11.6. The molecule has 1 aromatic heterocycles. The SMILES string of the molecule is COc1cc(Cc2cnc(N)nc2N)cc(OC)c1OCCCNC(=O)C(C)(C)CCONCCF. The molecule has 1 amide bonds. The van der Waals surface area contributed by atoms with Gasteiger partial charge in [-0.25, -0.2) is 9.37 Å². The Balaban J connectivity index is 1.89. The zero-order valence-electron chi connectivity index (χ0n) is 21.4. The van der Waals surface area contributed by atoms with Crippen LogP contribution in [-0.4, -0.2) is 63.1 Å². The van der Waals surface area contributed by atoms with Gasteiger partial charge in [0.15, 0.2) is 11.5 Å². The maximum Gasteiger partial charge on any atom is 0.225 e. The van der Waals surface area contributed by atoms with Crippen molar-refractivity contribution in [1.82, 2.24) is 20.8 Å². The lowest BCUT2D eigenvalue weighted by molar-refractivity contribution is -0.130. The van der Waals surface area contributed by atoms with Crippen LogP contribution >= 0.6 is 0 Å². The summed E-state index contributed by atoms with van der Waals surface area (Å²) in [6.45, 7) is 4.35. The van der Waals surface area contributed by atoms with E-state index in [9.17, 15) is 9.18 Å². The molecule has 6 N–H and O–H groups in total. The summed E-state index contributed by atoms with van der Waals surface area (Å²) in [5.74, 6) is 1.81. The van der Waals surface area contributed by atoms with Crippen molar-refractivity contribution in [3.8, 4) is 17.2 Å². The number of nitrogens with one attached hydrogen (secondary N) is 2. The van der Waals surface area contributed by atoms with Crippen molar-refractivity contribution in [3.63, 3.8) is 0 Å². The summed E-state index contributed by atoms with van der Waals surface area (Å²) >= 11 is 0. The van der Waals surface area contributed by atoms with E-state index >= 15 is 0 Å². The Labute approximate surface area is 211 Å². The smallest absolute Gasteiger partial charge is 0.225 e. The molecule has 36 heavy (non-hydrogen) atoms. The molecule has 0 radical (unpaired) electrons. The zero-order chi connectivity index (χ0) is 26.6. The van der Waals surface area contributed by atoms with Gasteiger partial charge >= 0.3 is 0 Å². The highest BCUT2D eigenvalue weighted by Crippen LogP contribution is 2.39. The van der Waals surface area contributed by atoms with Gasteiger partial charge in [0, 0.05) is 36.7 Å². The maximum atomic E-state index is 12.5. The van der Waals surface area contributed by atoms with Gasteiger partial charge in [-0.05, 0) is 30.5 Å². The molecule has 2 rings (SSSR count). The van der Waals surface area contributed by atoms with Crippen LogP contribution in [0.4, 0.5) is 16.2 Å². The molecular weight excluding hydrogens is 471 g/mol. The second kappa shape index (κ2) is 14.2. The summed E-state index contributed by atoms with van der Waals surface area (Å²) in [6.07, 6.45) is 3.11. The van der Waals surface area contributed by atoms with Crippen LogP contribution in [0.1, 0.15) is 37.8 Å². The molecule has 12 heteroatoms. The van der Waals surface area contributed by atoms with Gasteiger partial charge in [0.25, 0.3) is 0 Å². The Morgan fingerprint density at radius 2 is 1.81 bits per heavy atom. The third kappa shape index (κ3) is 8.68. The first kappa shape index (κ1) is 28.9. The van der Waals surface area contributed by atoms with E-state index in [1.807, 2.05) is 26.0 Å². The van der Waals surface area contributed by atoms with Crippen LogP contribution in [0.2, 0.25) is 0 Å². The Morgan fingerprint density at radius 3 is 2.42 bits per heavy atom. The second-order valence-corrected chi connectivity index (χ2v) is 8.67. The third-order valence-corrected chi connectivity index (χ3v) is 5.43. The molecule has 0 unspecified atom stereocenters. The minimum Gasteiger partial charge on any atom is -0.493 e. The topological polar surface area (TPSA) is 156 Å². The van der Waals surface area contributed by atoms with Crippen molar-refractivity contribution in [1.29, 1.82) is 0 Å². The molecule has 0 saturated carbocycles. The highest BCUT2D eigenvalue weighted by molar-refractivity contribution is 5.81. The Morgan fingerprint density at radius 1 is 1.11 bits per heavy atom. The van der Waals surface area contributed by atoms with Crippen molar-refractivity contribution >= 4 is 17.7 Å². The average molecular weight is 509 g/mol. The summed E-state index contributed by atoms with van der Waals surface area (Å²) in [5, 5.41) is 2.91. The van der Waals surface area contributed by atoms with E-state index < -0.39 is 12.1 Å². The van der Waals surface area contributed by atoms with Crippen LogP contribution < -0.4 is 36.5 Å². The van der Waals surface area contributed by atoms with Crippen molar-refractivity contribution in [2.75, 3.05) is 58.7 Å². The fourth-order valence-electron chi connectivity index (χ4n) is 3.26. The molecule has 0 bridgehead atoms. The molecule has 0 saturated heterocycles. The fraction of sp³-hybridized carbons (Fsp3) is 0.542. The molecule has 2 aromatic rings. The van der Waals surface area contributed by atoms with Crippen LogP contribution in [0.15, 0.2) is 18.3 Å². The predicted octanol–water partition coefficient (Wildman–Crippen LogP) is 2.04. The number of nitrogens with zero attached hydrogens (tertiary/aromatic N) is 2. The lowest BCUT2D eigenvalue weighted by atomic mass is 9.88. The molecule has 200 valence electrons. The van der Waals surface area contributed by atoms with Crippen LogP contribution in [-0.2, 0) is 16.1 Å². The lowest BCUT2D eigenvalue weighted by Gasteiger charge is -2.23. The average Bonchev–Trinajstić information content (AvgIpc) is 2.85.